The van der Waals surface area contributed by atoms with Gasteiger partial charge in [-0.1, -0.05) is 0 Å². The zero-order valence-corrected chi connectivity index (χ0v) is 11.4. The molecule has 0 aromatic carbocycles. The number of likely N-dealkylation sites (N-methyl/N-ethyl adjacent to an activating group) is 2. The summed E-state index contributed by atoms with van der Waals surface area (Å²) < 4.78 is 1.43. The number of amides is 1. The van der Waals surface area contributed by atoms with Crippen LogP contribution in [-0.2, 0) is 11.3 Å². The van der Waals surface area contributed by atoms with Gasteiger partial charge < -0.3 is 16.0 Å². The third-order valence-corrected chi connectivity index (χ3v) is 3.37. The van der Waals surface area contributed by atoms with Gasteiger partial charge in [-0.2, -0.15) is 0 Å². The molecule has 3 N–H and O–H groups in total. The summed E-state index contributed by atoms with van der Waals surface area (Å²) in [5.41, 5.74) is 5.39. The number of anilines is 1. The van der Waals surface area contributed by atoms with Crippen LogP contribution in [0, 0.1) is 0 Å². The Hall–Kier alpha value is -1.67. The Labute approximate surface area is 112 Å². The first kappa shape index (κ1) is 13.8. The predicted octanol–water partition coefficient (Wildman–Crippen LogP) is -1.78. The standard InChI is InChI=1S/C11H21N7O/c1-16-3-4-17(2)9(6-16)5-13-10(19)7-18-8-14-11(12)15-18/h8-9H,3-7H2,1-2H3,(H2,12,15)(H,13,19). The number of hydrogen-bond donors (Lipinski definition) is 2. The molecule has 1 aromatic heterocycles. The molecule has 2 heterocycles. The van der Waals surface area contributed by atoms with Crippen LogP contribution in [0.1, 0.15) is 0 Å². The fraction of sp³-hybridized carbons (Fsp3) is 0.727. The molecule has 106 valence electrons. The van der Waals surface area contributed by atoms with Crippen LogP contribution in [0.4, 0.5) is 5.95 Å². The number of aromatic nitrogens is 3. The summed E-state index contributed by atoms with van der Waals surface area (Å²) in [6.45, 7) is 3.85. The number of nitrogens with one attached hydrogen (secondary N) is 1. The summed E-state index contributed by atoms with van der Waals surface area (Å²) in [7, 11) is 4.18. The molecule has 0 bridgehead atoms. The van der Waals surface area contributed by atoms with Crippen LogP contribution < -0.4 is 11.1 Å². The molecule has 0 saturated carbocycles. The lowest BCUT2D eigenvalue weighted by Gasteiger charge is -2.37. The molecule has 1 aliphatic rings. The summed E-state index contributed by atoms with van der Waals surface area (Å²) in [6, 6.07) is 0.350. The lowest BCUT2D eigenvalue weighted by atomic mass is 10.2. The minimum atomic E-state index is -0.0773. The molecule has 1 amide bonds. The Balaban J connectivity index is 1.76. The van der Waals surface area contributed by atoms with Gasteiger partial charge >= 0.3 is 0 Å². The SMILES string of the molecule is CN1CCN(C)C(CNC(=O)Cn2cnc(N)n2)C1. The average molecular weight is 267 g/mol. The average Bonchev–Trinajstić information content (AvgIpc) is 2.76. The number of nitrogen functional groups attached to an aromatic ring is 1. The van der Waals surface area contributed by atoms with E-state index in [2.05, 4.69) is 39.3 Å². The number of carbonyl (C=O) groups excluding carboxylic acids is 1. The van der Waals surface area contributed by atoms with Crippen molar-refractivity contribution >= 4 is 11.9 Å². The number of rotatable bonds is 4. The van der Waals surface area contributed by atoms with Gasteiger partial charge in [-0.15, -0.1) is 5.10 Å². The topological polar surface area (TPSA) is 92.3 Å². The molecule has 0 radical (unpaired) electrons. The van der Waals surface area contributed by atoms with Crippen molar-refractivity contribution in [1.29, 1.82) is 0 Å². The summed E-state index contributed by atoms with van der Waals surface area (Å²) in [6.07, 6.45) is 1.45. The Bertz CT molecular complexity index is 432. The summed E-state index contributed by atoms with van der Waals surface area (Å²) >= 11 is 0. The summed E-state index contributed by atoms with van der Waals surface area (Å²) in [4.78, 5) is 20.1. The molecule has 1 atom stereocenters. The van der Waals surface area contributed by atoms with Gasteiger partial charge in [0.25, 0.3) is 0 Å². The van der Waals surface area contributed by atoms with Crippen molar-refractivity contribution in [3.8, 4) is 0 Å². The molecule has 8 heteroatoms. The van der Waals surface area contributed by atoms with Gasteiger partial charge in [0.05, 0.1) is 0 Å². The van der Waals surface area contributed by atoms with Crippen molar-refractivity contribution in [3.63, 3.8) is 0 Å². The second kappa shape index (κ2) is 5.98. The van der Waals surface area contributed by atoms with Crippen molar-refractivity contribution in [2.24, 2.45) is 0 Å². The Morgan fingerprint density at radius 3 is 3.00 bits per heavy atom. The molecule has 0 spiro atoms. The molecular weight excluding hydrogens is 246 g/mol. The Morgan fingerprint density at radius 1 is 1.53 bits per heavy atom. The molecule has 1 unspecified atom stereocenters. The molecule has 19 heavy (non-hydrogen) atoms. The van der Waals surface area contributed by atoms with E-state index < -0.39 is 0 Å². The molecule has 0 aliphatic carbocycles. The monoisotopic (exact) mass is 267 g/mol. The largest absolute Gasteiger partial charge is 0.367 e. The number of carbonyl (C=O) groups is 1. The zero-order valence-electron chi connectivity index (χ0n) is 11.4. The first-order valence-electron chi connectivity index (χ1n) is 6.35. The molecule has 8 nitrogen and oxygen atoms in total. The maximum Gasteiger partial charge on any atom is 0.241 e. The number of nitrogens with zero attached hydrogens (tertiary/aromatic N) is 5. The Kier molecular flexibility index (Phi) is 4.33. The molecule has 1 aromatic rings. The smallest absolute Gasteiger partial charge is 0.241 e. The highest BCUT2D eigenvalue weighted by Gasteiger charge is 2.22. The fourth-order valence-electron chi connectivity index (χ4n) is 2.14. The van der Waals surface area contributed by atoms with E-state index in [0.29, 0.717) is 12.6 Å². The van der Waals surface area contributed by atoms with Crippen LogP contribution in [-0.4, -0.2) is 76.8 Å². The lowest BCUT2D eigenvalue weighted by Crippen LogP contribution is -2.54. The van der Waals surface area contributed by atoms with Crippen LogP contribution in [0.15, 0.2) is 6.33 Å². The van der Waals surface area contributed by atoms with Crippen LogP contribution >= 0.6 is 0 Å². The Morgan fingerprint density at radius 2 is 2.32 bits per heavy atom. The molecule has 1 aliphatic heterocycles. The van der Waals surface area contributed by atoms with Crippen molar-refractivity contribution in [2.45, 2.75) is 12.6 Å². The fourth-order valence-corrected chi connectivity index (χ4v) is 2.14. The van der Waals surface area contributed by atoms with Gasteiger partial charge in [0.15, 0.2) is 0 Å². The second-order valence-corrected chi connectivity index (χ2v) is 5.00. The van der Waals surface area contributed by atoms with E-state index in [1.807, 2.05) is 0 Å². The van der Waals surface area contributed by atoms with E-state index in [1.165, 1.54) is 11.0 Å². The molecule has 1 fully saturated rings. The molecule has 2 rings (SSSR count). The third-order valence-electron chi connectivity index (χ3n) is 3.37. The first-order valence-corrected chi connectivity index (χ1v) is 6.35. The zero-order chi connectivity index (χ0) is 13.8. The minimum Gasteiger partial charge on any atom is -0.367 e. The van der Waals surface area contributed by atoms with Crippen LogP contribution in [0.5, 0.6) is 0 Å². The van der Waals surface area contributed by atoms with E-state index in [-0.39, 0.29) is 18.4 Å². The van der Waals surface area contributed by atoms with E-state index >= 15 is 0 Å². The summed E-state index contributed by atoms with van der Waals surface area (Å²) in [5.74, 6) is 0.105. The van der Waals surface area contributed by atoms with E-state index in [9.17, 15) is 4.79 Å². The number of hydrogen-bond acceptors (Lipinski definition) is 6. The number of piperazine rings is 1. The van der Waals surface area contributed by atoms with E-state index in [4.69, 9.17) is 5.73 Å². The molecule has 1 saturated heterocycles. The highest BCUT2D eigenvalue weighted by Crippen LogP contribution is 2.04. The highest BCUT2D eigenvalue weighted by molar-refractivity contribution is 5.75. The maximum absolute atomic E-state index is 11.8. The van der Waals surface area contributed by atoms with E-state index in [0.717, 1.165) is 19.6 Å². The number of nitrogens with two attached hydrogens (primary N) is 1. The summed E-state index contributed by atoms with van der Waals surface area (Å²) in [5, 5.41) is 6.80. The van der Waals surface area contributed by atoms with E-state index in [1.54, 1.807) is 0 Å². The van der Waals surface area contributed by atoms with Crippen LogP contribution in [0.25, 0.3) is 0 Å². The van der Waals surface area contributed by atoms with Gasteiger partial charge in [0.2, 0.25) is 11.9 Å². The minimum absolute atomic E-state index is 0.0773. The van der Waals surface area contributed by atoms with Crippen molar-refractivity contribution in [1.82, 2.24) is 29.9 Å². The van der Waals surface area contributed by atoms with Crippen LogP contribution in [0.3, 0.4) is 0 Å². The first-order chi connectivity index (χ1) is 9.04. The van der Waals surface area contributed by atoms with Gasteiger partial charge in [-0.25, -0.2) is 9.67 Å². The quantitative estimate of drug-likeness (QED) is 0.670. The predicted molar refractivity (Wildman–Crippen MR) is 71.4 cm³/mol. The van der Waals surface area contributed by atoms with Crippen LogP contribution in [0.2, 0.25) is 0 Å². The van der Waals surface area contributed by atoms with Gasteiger partial charge in [-0.3, -0.25) is 9.69 Å². The van der Waals surface area contributed by atoms with Gasteiger partial charge in [0.1, 0.15) is 12.9 Å². The normalized spacial score (nSPS) is 21.5. The van der Waals surface area contributed by atoms with Gasteiger partial charge in [-0.05, 0) is 14.1 Å². The highest BCUT2D eigenvalue weighted by atomic mass is 16.2. The van der Waals surface area contributed by atoms with Crippen molar-refractivity contribution in [2.75, 3.05) is 46.0 Å². The van der Waals surface area contributed by atoms with Gasteiger partial charge in [0, 0.05) is 32.2 Å². The maximum atomic E-state index is 11.8. The molecular formula is C11H21N7O. The lowest BCUT2D eigenvalue weighted by molar-refractivity contribution is -0.122. The second-order valence-electron chi connectivity index (χ2n) is 5.00. The van der Waals surface area contributed by atoms with Crippen molar-refractivity contribution < 1.29 is 4.79 Å². The van der Waals surface area contributed by atoms with Crippen molar-refractivity contribution in [3.05, 3.63) is 6.33 Å². The third kappa shape index (κ3) is 3.90.